The zero-order valence-corrected chi connectivity index (χ0v) is 14.3. The molecule has 2 aliphatic rings. The van der Waals surface area contributed by atoms with Gasteiger partial charge in [0.1, 0.15) is 0 Å². The van der Waals surface area contributed by atoms with E-state index in [-0.39, 0.29) is 5.28 Å². The van der Waals surface area contributed by atoms with E-state index in [0.29, 0.717) is 17.9 Å². The third kappa shape index (κ3) is 3.94. The van der Waals surface area contributed by atoms with E-state index in [1.165, 1.54) is 18.4 Å². The monoisotopic (exact) mass is 344 g/mol. The van der Waals surface area contributed by atoms with Crippen molar-refractivity contribution >= 4 is 23.5 Å². The Morgan fingerprint density at radius 3 is 2.46 bits per heavy atom. The van der Waals surface area contributed by atoms with Gasteiger partial charge in [-0.3, -0.25) is 4.90 Å². The molecule has 1 aliphatic carbocycles. The second-order valence-electron chi connectivity index (χ2n) is 6.40. The molecule has 24 heavy (non-hydrogen) atoms. The maximum atomic E-state index is 6.07. The van der Waals surface area contributed by atoms with E-state index in [9.17, 15) is 0 Å². The number of piperazine rings is 1. The van der Waals surface area contributed by atoms with Crippen LogP contribution < -0.4 is 10.2 Å². The SMILES string of the molecule is Clc1nc(NC2CC2)nc(N2CCN(Cc3ccccc3)CC2)n1. The zero-order valence-electron chi connectivity index (χ0n) is 13.5. The Morgan fingerprint density at radius 1 is 1.00 bits per heavy atom. The lowest BCUT2D eigenvalue weighted by Gasteiger charge is -2.34. The van der Waals surface area contributed by atoms with E-state index in [1.807, 2.05) is 0 Å². The first-order chi connectivity index (χ1) is 11.8. The molecule has 1 aromatic heterocycles. The first-order valence-corrected chi connectivity index (χ1v) is 8.83. The summed E-state index contributed by atoms with van der Waals surface area (Å²) < 4.78 is 0. The van der Waals surface area contributed by atoms with Crippen molar-refractivity contribution in [3.63, 3.8) is 0 Å². The minimum atomic E-state index is 0.259. The van der Waals surface area contributed by atoms with Gasteiger partial charge in [0.15, 0.2) is 0 Å². The molecule has 0 unspecified atom stereocenters. The van der Waals surface area contributed by atoms with Gasteiger partial charge in [0.2, 0.25) is 17.2 Å². The second-order valence-corrected chi connectivity index (χ2v) is 6.73. The van der Waals surface area contributed by atoms with E-state index in [1.54, 1.807) is 0 Å². The Labute approximate surface area is 146 Å². The predicted molar refractivity (Wildman–Crippen MR) is 95.4 cm³/mol. The molecule has 1 aromatic carbocycles. The van der Waals surface area contributed by atoms with Gasteiger partial charge in [0.05, 0.1) is 0 Å². The summed E-state index contributed by atoms with van der Waals surface area (Å²) in [6, 6.07) is 11.1. The Bertz CT molecular complexity index is 683. The average Bonchev–Trinajstić information content (AvgIpc) is 3.40. The van der Waals surface area contributed by atoms with Gasteiger partial charge in [-0.25, -0.2) is 0 Å². The normalized spacial score (nSPS) is 18.6. The molecule has 1 aliphatic heterocycles. The molecule has 4 rings (SSSR count). The van der Waals surface area contributed by atoms with E-state index in [4.69, 9.17) is 11.6 Å². The summed E-state index contributed by atoms with van der Waals surface area (Å²) in [5.41, 5.74) is 1.35. The number of nitrogens with one attached hydrogen (secondary N) is 1. The Hall–Kier alpha value is -1.92. The topological polar surface area (TPSA) is 57.2 Å². The van der Waals surface area contributed by atoms with Gasteiger partial charge in [-0.2, -0.15) is 15.0 Å². The fraction of sp³-hybridized carbons (Fsp3) is 0.471. The number of nitrogens with zero attached hydrogens (tertiary/aromatic N) is 5. The van der Waals surface area contributed by atoms with Gasteiger partial charge >= 0.3 is 0 Å². The van der Waals surface area contributed by atoms with Crippen LogP contribution in [0.1, 0.15) is 18.4 Å². The standard InChI is InChI=1S/C17H21ClN6/c18-15-20-16(19-14-6-7-14)22-17(21-15)24-10-8-23(9-11-24)12-13-4-2-1-3-5-13/h1-5,14H,6-12H2,(H,19,20,21,22). The Morgan fingerprint density at radius 2 is 1.75 bits per heavy atom. The van der Waals surface area contributed by atoms with Crippen molar-refractivity contribution in [2.24, 2.45) is 0 Å². The maximum absolute atomic E-state index is 6.07. The maximum Gasteiger partial charge on any atom is 0.231 e. The highest BCUT2D eigenvalue weighted by molar-refractivity contribution is 6.28. The summed E-state index contributed by atoms with van der Waals surface area (Å²) in [6.07, 6.45) is 2.35. The summed E-state index contributed by atoms with van der Waals surface area (Å²) in [7, 11) is 0. The van der Waals surface area contributed by atoms with Crippen LogP contribution in [0.4, 0.5) is 11.9 Å². The first-order valence-electron chi connectivity index (χ1n) is 8.45. The van der Waals surface area contributed by atoms with Crippen molar-refractivity contribution in [1.29, 1.82) is 0 Å². The van der Waals surface area contributed by atoms with Crippen molar-refractivity contribution in [3.05, 3.63) is 41.2 Å². The molecular weight excluding hydrogens is 324 g/mol. The third-order valence-corrected chi connectivity index (χ3v) is 4.58. The molecule has 7 heteroatoms. The van der Waals surface area contributed by atoms with Gasteiger partial charge in [0, 0.05) is 38.8 Å². The van der Waals surface area contributed by atoms with Crippen molar-refractivity contribution < 1.29 is 0 Å². The van der Waals surface area contributed by atoms with Crippen LogP contribution >= 0.6 is 11.6 Å². The molecular formula is C17H21ClN6. The summed E-state index contributed by atoms with van der Waals surface area (Å²) in [5.74, 6) is 1.27. The molecule has 126 valence electrons. The quantitative estimate of drug-likeness (QED) is 0.899. The molecule has 0 bridgehead atoms. The summed E-state index contributed by atoms with van der Waals surface area (Å²) >= 11 is 6.07. The van der Waals surface area contributed by atoms with E-state index >= 15 is 0 Å². The highest BCUT2D eigenvalue weighted by Crippen LogP contribution is 2.24. The first kappa shape index (κ1) is 15.6. The predicted octanol–water partition coefficient (Wildman–Crippen LogP) is 2.42. The molecule has 0 spiro atoms. The molecule has 0 amide bonds. The summed E-state index contributed by atoms with van der Waals surface area (Å²) in [5, 5.41) is 3.55. The molecule has 1 saturated heterocycles. The van der Waals surface area contributed by atoms with Crippen LogP contribution in [0.25, 0.3) is 0 Å². The molecule has 0 atom stereocenters. The van der Waals surface area contributed by atoms with Gasteiger partial charge in [-0.1, -0.05) is 30.3 Å². The van der Waals surface area contributed by atoms with Crippen molar-refractivity contribution in [2.45, 2.75) is 25.4 Å². The van der Waals surface area contributed by atoms with Crippen molar-refractivity contribution in [2.75, 3.05) is 36.4 Å². The molecule has 2 heterocycles. The molecule has 2 aromatic rings. The number of benzene rings is 1. The smallest absolute Gasteiger partial charge is 0.231 e. The van der Waals surface area contributed by atoms with Gasteiger partial charge in [0.25, 0.3) is 0 Å². The van der Waals surface area contributed by atoms with Crippen LogP contribution in [0, 0.1) is 0 Å². The fourth-order valence-electron chi connectivity index (χ4n) is 2.90. The summed E-state index contributed by atoms with van der Waals surface area (Å²) in [6.45, 7) is 4.76. The minimum Gasteiger partial charge on any atom is -0.351 e. The highest BCUT2D eigenvalue weighted by atomic mass is 35.5. The lowest BCUT2D eigenvalue weighted by molar-refractivity contribution is 0.248. The highest BCUT2D eigenvalue weighted by Gasteiger charge is 2.24. The fourth-order valence-corrected chi connectivity index (χ4v) is 3.06. The Kier molecular flexibility index (Phi) is 4.49. The lowest BCUT2D eigenvalue weighted by atomic mass is 10.2. The molecule has 6 nitrogen and oxygen atoms in total. The van der Waals surface area contributed by atoms with Crippen LogP contribution in [-0.2, 0) is 6.54 Å². The molecule has 0 radical (unpaired) electrons. The van der Waals surface area contributed by atoms with Gasteiger partial charge in [-0.15, -0.1) is 0 Å². The van der Waals surface area contributed by atoms with Crippen LogP contribution in [0.2, 0.25) is 5.28 Å². The van der Waals surface area contributed by atoms with E-state index in [0.717, 1.165) is 32.7 Å². The Balaban J connectivity index is 1.37. The number of aromatic nitrogens is 3. The average molecular weight is 345 g/mol. The largest absolute Gasteiger partial charge is 0.351 e. The number of halogens is 1. The van der Waals surface area contributed by atoms with Crippen LogP contribution in [0.5, 0.6) is 0 Å². The van der Waals surface area contributed by atoms with Crippen molar-refractivity contribution in [3.8, 4) is 0 Å². The van der Waals surface area contributed by atoms with E-state index < -0.39 is 0 Å². The molecule has 2 fully saturated rings. The number of anilines is 2. The van der Waals surface area contributed by atoms with Crippen LogP contribution in [0.3, 0.4) is 0 Å². The van der Waals surface area contributed by atoms with Crippen LogP contribution in [0.15, 0.2) is 30.3 Å². The zero-order chi connectivity index (χ0) is 16.4. The van der Waals surface area contributed by atoms with Gasteiger partial charge in [-0.05, 0) is 30.0 Å². The van der Waals surface area contributed by atoms with E-state index in [2.05, 4.69) is 60.4 Å². The second kappa shape index (κ2) is 6.91. The van der Waals surface area contributed by atoms with Crippen LogP contribution in [-0.4, -0.2) is 52.1 Å². The van der Waals surface area contributed by atoms with Gasteiger partial charge < -0.3 is 10.2 Å². The van der Waals surface area contributed by atoms with Crippen molar-refractivity contribution in [1.82, 2.24) is 19.9 Å². The number of hydrogen-bond acceptors (Lipinski definition) is 6. The minimum absolute atomic E-state index is 0.259. The lowest BCUT2D eigenvalue weighted by Crippen LogP contribution is -2.46. The third-order valence-electron chi connectivity index (χ3n) is 4.41. The number of hydrogen-bond donors (Lipinski definition) is 1. The molecule has 1 N–H and O–H groups in total. The number of rotatable bonds is 5. The molecule has 1 saturated carbocycles. The summed E-state index contributed by atoms with van der Waals surface area (Å²) in [4.78, 5) is 17.7.